The quantitative estimate of drug-likeness (QED) is 0.676. The third-order valence-corrected chi connectivity index (χ3v) is 5.64. The van der Waals surface area contributed by atoms with Gasteiger partial charge in [-0.1, -0.05) is 12.1 Å². The molecule has 0 atom stereocenters. The number of anilines is 1. The number of carbonyl (C=O) groups is 2. The molecule has 9 heteroatoms. The van der Waals surface area contributed by atoms with Crippen LogP contribution in [0.15, 0.2) is 53.4 Å². The average Bonchev–Trinajstić information content (AvgIpc) is 2.66. The molecule has 2 aromatic carbocycles. The molecule has 0 saturated heterocycles. The Kier molecular flexibility index (Phi) is 7.24. The second-order valence-corrected chi connectivity index (χ2v) is 8.30. The molecule has 0 fully saturated rings. The Bertz CT molecular complexity index is 926. The Hall–Kier alpha value is -2.78. The molecular formula is C19H21FN2O5S. The van der Waals surface area contributed by atoms with Gasteiger partial charge in [0.1, 0.15) is 5.82 Å². The van der Waals surface area contributed by atoms with Crippen LogP contribution in [0.5, 0.6) is 0 Å². The van der Waals surface area contributed by atoms with Crippen molar-refractivity contribution >= 4 is 27.6 Å². The number of benzene rings is 2. The summed E-state index contributed by atoms with van der Waals surface area (Å²) in [5.74, 6) is -1.44. The van der Waals surface area contributed by atoms with Crippen LogP contribution in [0.3, 0.4) is 0 Å². The molecule has 7 nitrogen and oxygen atoms in total. The molecule has 0 unspecified atom stereocenters. The van der Waals surface area contributed by atoms with E-state index in [9.17, 15) is 22.4 Å². The average molecular weight is 408 g/mol. The maximum Gasteiger partial charge on any atom is 0.306 e. The van der Waals surface area contributed by atoms with Gasteiger partial charge in [-0.3, -0.25) is 9.59 Å². The molecule has 150 valence electrons. The normalized spacial score (nSPS) is 11.3. The van der Waals surface area contributed by atoms with Crippen LogP contribution in [-0.4, -0.2) is 45.3 Å². The largest absolute Gasteiger partial charge is 0.456 e. The van der Waals surface area contributed by atoms with Gasteiger partial charge in [0.05, 0.1) is 4.90 Å². The fourth-order valence-corrected chi connectivity index (χ4v) is 3.14. The molecule has 2 aromatic rings. The third kappa shape index (κ3) is 6.14. The van der Waals surface area contributed by atoms with Crippen LogP contribution < -0.4 is 5.32 Å². The van der Waals surface area contributed by atoms with Crippen molar-refractivity contribution in [2.24, 2.45) is 0 Å². The topological polar surface area (TPSA) is 92.8 Å². The van der Waals surface area contributed by atoms with Crippen molar-refractivity contribution in [3.8, 4) is 0 Å². The van der Waals surface area contributed by atoms with Gasteiger partial charge in [-0.15, -0.1) is 0 Å². The van der Waals surface area contributed by atoms with Crippen molar-refractivity contribution in [2.45, 2.75) is 17.7 Å². The second kappa shape index (κ2) is 9.43. The first-order valence-electron chi connectivity index (χ1n) is 8.41. The van der Waals surface area contributed by atoms with Gasteiger partial charge in [0.2, 0.25) is 10.0 Å². The smallest absolute Gasteiger partial charge is 0.306 e. The number of esters is 1. The number of carbonyl (C=O) groups excluding carboxylic acids is 2. The lowest BCUT2D eigenvalue weighted by molar-refractivity contribution is -0.147. The summed E-state index contributed by atoms with van der Waals surface area (Å²) in [6, 6.07) is 11.4. The van der Waals surface area contributed by atoms with Crippen molar-refractivity contribution in [3.63, 3.8) is 0 Å². The van der Waals surface area contributed by atoms with E-state index in [1.807, 2.05) is 0 Å². The van der Waals surface area contributed by atoms with E-state index in [1.54, 1.807) is 12.1 Å². The Morgan fingerprint density at radius 1 is 1.04 bits per heavy atom. The van der Waals surface area contributed by atoms with Crippen LogP contribution in [-0.2, 0) is 30.8 Å². The number of hydrogen-bond donors (Lipinski definition) is 1. The van der Waals surface area contributed by atoms with E-state index in [0.717, 1.165) is 9.87 Å². The number of amides is 1. The molecular weight excluding hydrogens is 387 g/mol. The van der Waals surface area contributed by atoms with Crippen LogP contribution in [0, 0.1) is 5.82 Å². The predicted octanol–water partition coefficient (Wildman–Crippen LogP) is 2.19. The number of nitrogens with zero attached hydrogens (tertiary/aromatic N) is 1. The number of rotatable bonds is 8. The summed E-state index contributed by atoms with van der Waals surface area (Å²) >= 11 is 0. The lowest BCUT2D eigenvalue weighted by Gasteiger charge is -2.12. The fraction of sp³-hybridized carbons (Fsp3) is 0.263. The first-order chi connectivity index (χ1) is 13.2. The van der Waals surface area contributed by atoms with Gasteiger partial charge >= 0.3 is 5.97 Å². The summed E-state index contributed by atoms with van der Waals surface area (Å²) in [5.41, 5.74) is 1.17. The van der Waals surface area contributed by atoms with Crippen molar-refractivity contribution < 1.29 is 27.1 Å². The molecule has 0 saturated carbocycles. The van der Waals surface area contributed by atoms with Gasteiger partial charge in [-0.2, -0.15) is 0 Å². The first-order valence-corrected chi connectivity index (χ1v) is 9.85. The molecule has 2 rings (SSSR count). The molecule has 1 amide bonds. The van der Waals surface area contributed by atoms with Gasteiger partial charge in [0.15, 0.2) is 6.61 Å². The van der Waals surface area contributed by atoms with Crippen LogP contribution in [0.2, 0.25) is 0 Å². The van der Waals surface area contributed by atoms with Crippen LogP contribution in [0.1, 0.15) is 12.0 Å². The minimum atomic E-state index is -3.54. The number of halogens is 1. The zero-order chi connectivity index (χ0) is 20.7. The summed E-state index contributed by atoms with van der Waals surface area (Å²) in [4.78, 5) is 23.7. The highest BCUT2D eigenvalue weighted by atomic mass is 32.2. The minimum absolute atomic E-state index is 0.0655. The number of aryl methyl sites for hydroxylation is 1. The molecule has 0 aromatic heterocycles. The highest BCUT2D eigenvalue weighted by molar-refractivity contribution is 7.89. The maximum absolute atomic E-state index is 12.8. The van der Waals surface area contributed by atoms with Gasteiger partial charge in [0.25, 0.3) is 5.91 Å². The molecule has 0 heterocycles. The maximum atomic E-state index is 12.8. The number of nitrogens with one attached hydrogen (secondary N) is 1. The summed E-state index contributed by atoms with van der Waals surface area (Å²) in [5, 5.41) is 2.52. The summed E-state index contributed by atoms with van der Waals surface area (Å²) in [7, 11) is -0.693. The molecule has 0 aliphatic carbocycles. The van der Waals surface area contributed by atoms with E-state index in [1.165, 1.54) is 50.5 Å². The lowest BCUT2D eigenvalue weighted by Crippen LogP contribution is -2.22. The van der Waals surface area contributed by atoms with E-state index in [4.69, 9.17) is 4.74 Å². The molecule has 0 aliphatic rings. The van der Waals surface area contributed by atoms with Gasteiger partial charge < -0.3 is 10.1 Å². The van der Waals surface area contributed by atoms with E-state index in [2.05, 4.69) is 5.32 Å². The fourth-order valence-electron chi connectivity index (χ4n) is 2.23. The first kappa shape index (κ1) is 21.5. The summed E-state index contributed by atoms with van der Waals surface area (Å²) in [6.45, 7) is -0.458. The van der Waals surface area contributed by atoms with Crippen LogP contribution >= 0.6 is 0 Å². The van der Waals surface area contributed by atoms with Crippen LogP contribution in [0.4, 0.5) is 10.1 Å². The van der Waals surface area contributed by atoms with Gasteiger partial charge in [-0.25, -0.2) is 17.1 Å². The predicted molar refractivity (Wildman–Crippen MR) is 102 cm³/mol. The van der Waals surface area contributed by atoms with Crippen molar-refractivity contribution in [1.29, 1.82) is 0 Å². The van der Waals surface area contributed by atoms with Crippen molar-refractivity contribution in [2.75, 3.05) is 26.0 Å². The monoisotopic (exact) mass is 408 g/mol. The SMILES string of the molecule is CN(C)S(=O)(=O)c1ccc(NC(=O)COC(=O)CCc2ccc(F)cc2)cc1. The van der Waals surface area contributed by atoms with E-state index in [0.29, 0.717) is 12.1 Å². The van der Waals surface area contributed by atoms with Gasteiger partial charge in [0, 0.05) is 26.2 Å². The molecule has 0 bridgehead atoms. The van der Waals surface area contributed by atoms with E-state index >= 15 is 0 Å². The molecule has 0 radical (unpaired) electrons. The zero-order valence-electron chi connectivity index (χ0n) is 15.5. The van der Waals surface area contributed by atoms with Crippen molar-refractivity contribution in [1.82, 2.24) is 4.31 Å². The summed E-state index contributed by atoms with van der Waals surface area (Å²) < 4.78 is 42.8. The zero-order valence-corrected chi connectivity index (χ0v) is 16.3. The lowest BCUT2D eigenvalue weighted by atomic mass is 10.1. The van der Waals surface area contributed by atoms with Crippen molar-refractivity contribution in [3.05, 3.63) is 59.9 Å². The third-order valence-electron chi connectivity index (χ3n) is 3.81. The standard InChI is InChI=1S/C19H21FN2O5S/c1-22(2)28(25,26)17-10-8-16(9-11-17)21-18(23)13-27-19(24)12-5-14-3-6-15(20)7-4-14/h3-4,6-11H,5,12-13H2,1-2H3,(H,21,23). The Morgan fingerprint density at radius 2 is 1.64 bits per heavy atom. The molecule has 0 aliphatic heterocycles. The minimum Gasteiger partial charge on any atom is -0.456 e. The molecule has 0 spiro atoms. The Balaban J connectivity index is 1.79. The Morgan fingerprint density at radius 3 is 2.21 bits per heavy atom. The number of ether oxygens (including phenoxy) is 1. The van der Waals surface area contributed by atoms with Crippen LogP contribution in [0.25, 0.3) is 0 Å². The number of hydrogen-bond acceptors (Lipinski definition) is 5. The summed E-state index contributed by atoms with van der Waals surface area (Å²) in [6.07, 6.45) is 0.443. The van der Waals surface area contributed by atoms with E-state index < -0.39 is 28.5 Å². The van der Waals surface area contributed by atoms with Gasteiger partial charge in [-0.05, 0) is 48.4 Å². The highest BCUT2D eigenvalue weighted by Gasteiger charge is 2.17. The van der Waals surface area contributed by atoms with E-state index in [-0.39, 0.29) is 17.1 Å². The highest BCUT2D eigenvalue weighted by Crippen LogP contribution is 2.16. The second-order valence-electron chi connectivity index (χ2n) is 6.15. The molecule has 1 N–H and O–H groups in total. The number of sulfonamides is 1. The molecule has 28 heavy (non-hydrogen) atoms. The Labute approximate surface area is 163 Å².